The maximum Gasteiger partial charge on any atom is 0.166 e. The molecule has 3 nitrogen and oxygen atoms in total. The molecule has 0 fully saturated rings. The lowest BCUT2D eigenvalue weighted by Gasteiger charge is -2.05. The predicted molar refractivity (Wildman–Crippen MR) is 61.7 cm³/mol. The Balaban J connectivity index is 2.60. The summed E-state index contributed by atoms with van der Waals surface area (Å²) in [6.45, 7) is 4.10. The average Bonchev–Trinajstić information content (AvgIpc) is 2.32. The molecule has 0 saturated carbocycles. The molecule has 1 aromatic heterocycles. The Morgan fingerprint density at radius 1 is 1.06 bits per heavy atom. The minimum atomic E-state index is 0.366. The molecule has 0 atom stereocenters. The van der Waals surface area contributed by atoms with Crippen molar-refractivity contribution < 1.29 is 0 Å². The Morgan fingerprint density at radius 2 is 1.81 bits per heavy atom. The summed E-state index contributed by atoms with van der Waals surface area (Å²) in [4.78, 5) is 8.21. The van der Waals surface area contributed by atoms with Gasteiger partial charge in [0.15, 0.2) is 5.69 Å². The highest BCUT2D eigenvalue weighted by atomic mass is 14.8. The van der Waals surface area contributed by atoms with Gasteiger partial charge >= 0.3 is 0 Å². The molecule has 0 aliphatic rings. The molecule has 0 radical (unpaired) electrons. The monoisotopic (exact) mass is 209 g/mol. The quantitative estimate of drug-likeness (QED) is 0.725. The molecule has 16 heavy (non-hydrogen) atoms. The SMILES string of the molecule is Cc1ccc(-c2nccnc2C#N)cc1C. The van der Waals surface area contributed by atoms with E-state index in [0.717, 1.165) is 5.56 Å². The van der Waals surface area contributed by atoms with Crippen LogP contribution in [0, 0.1) is 25.2 Å². The van der Waals surface area contributed by atoms with Crippen LogP contribution in [0.4, 0.5) is 0 Å². The van der Waals surface area contributed by atoms with Crippen molar-refractivity contribution in [1.82, 2.24) is 9.97 Å². The lowest BCUT2D eigenvalue weighted by Crippen LogP contribution is -1.93. The Morgan fingerprint density at radius 3 is 2.50 bits per heavy atom. The summed E-state index contributed by atoms with van der Waals surface area (Å²) < 4.78 is 0. The first-order valence-corrected chi connectivity index (χ1v) is 5.01. The topological polar surface area (TPSA) is 49.6 Å². The molecule has 0 N–H and O–H groups in total. The predicted octanol–water partition coefficient (Wildman–Crippen LogP) is 2.63. The highest BCUT2D eigenvalue weighted by Gasteiger charge is 2.07. The van der Waals surface area contributed by atoms with Crippen LogP contribution in [0.25, 0.3) is 11.3 Å². The van der Waals surface area contributed by atoms with Gasteiger partial charge in [0.1, 0.15) is 11.8 Å². The summed E-state index contributed by atoms with van der Waals surface area (Å²) in [5.41, 5.74) is 4.37. The third kappa shape index (κ3) is 1.78. The fraction of sp³-hybridized carbons (Fsp3) is 0.154. The number of hydrogen-bond donors (Lipinski definition) is 0. The average molecular weight is 209 g/mol. The standard InChI is InChI=1S/C13H11N3/c1-9-3-4-11(7-10(9)2)13-12(8-14)15-5-6-16-13/h3-7H,1-2H3. The fourth-order valence-corrected chi connectivity index (χ4v) is 1.52. The summed E-state index contributed by atoms with van der Waals surface area (Å²) in [6, 6.07) is 8.08. The molecule has 0 bridgehead atoms. The molecule has 0 amide bonds. The van der Waals surface area contributed by atoms with Crippen LogP contribution >= 0.6 is 0 Å². The van der Waals surface area contributed by atoms with Gasteiger partial charge in [-0.05, 0) is 31.0 Å². The lowest BCUT2D eigenvalue weighted by atomic mass is 10.0. The Hall–Kier alpha value is -2.21. The Labute approximate surface area is 94.4 Å². The minimum Gasteiger partial charge on any atom is -0.252 e. The van der Waals surface area contributed by atoms with E-state index in [1.165, 1.54) is 17.3 Å². The van der Waals surface area contributed by atoms with Gasteiger partial charge < -0.3 is 0 Å². The second kappa shape index (κ2) is 4.11. The molecular weight excluding hydrogens is 198 g/mol. The molecule has 78 valence electrons. The van der Waals surface area contributed by atoms with Gasteiger partial charge in [0.25, 0.3) is 0 Å². The van der Waals surface area contributed by atoms with Crippen LogP contribution in [-0.2, 0) is 0 Å². The smallest absolute Gasteiger partial charge is 0.166 e. The number of nitriles is 1. The van der Waals surface area contributed by atoms with Crippen molar-refractivity contribution in [2.75, 3.05) is 0 Å². The van der Waals surface area contributed by atoms with E-state index >= 15 is 0 Å². The summed E-state index contributed by atoms with van der Waals surface area (Å²) in [6.07, 6.45) is 3.13. The van der Waals surface area contributed by atoms with Crippen molar-refractivity contribution in [1.29, 1.82) is 5.26 Å². The molecule has 0 unspecified atom stereocenters. The second-order valence-corrected chi connectivity index (χ2v) is 3.66. The zero-order valence-electron chi connectivity index (χ0n) is 9.23. The van der Waals surface area contributed by atoms with Crippen LogP contribution in [0.1, 0.15) is 16.8 Å². The van der Waals surface area contributed by atoms with Gasteiger partial charge in [-0.1, -0.05) is 12.1 Å². The zero-order valence-corrected chi connectivity index (χ0v) is 9.23. The van der Waals surface area contributed by atoms with Crippen LogP contribution in [0.2, 0.25) is 0 Å². The molecule has 0 aliphatic carbocycles. The summed E-state index contributed by atoms with van der Waals surface area (Å²) in [5, 5.41) is 8.95. The summed E-state index contributed by atoms with van der Waals surface area (Å²) in [5.74, 6) is 0. The van der Waals surface area contributed by atoms with Crippen molar-refractivity contribution in [2.45, 2.75) is 13.8 Å². The van der Waals surface area contributed by atoms with Gasteiger partial charge in [-0.15, -0.1) is 0 Å². The van der Waals surface area contributed by atoms with Crippen LogP contribution < -0.4 is 0 Å². The van der Waals surface area contributed by atoms with Crippen molar-refractivity contribution in [3.63, 3.8) is 0 Å². The van der Waals surface area contributed by atoms with E-state index in [0.29, 0.717) is 11.4 Å². The molecule has 2 aromatic rings. The molecule has 2 rings (SSSR count). The van der Waals surface area contributed by atoms with Crippen LogP contribution in [-0.4, -0.2) is 9.97 Å². The van der Waals surface area contributed by atoms with E-state index in [2.05, 4.69) is 23.0 Å². The van der Waals surface area contributed by atoms with Crippen LogP contribution in [0.5, 0.6) is 0 Å². The third-order valence-corrected chi connectivity index (χ3v) is 2.58. The molecule has 1 aromatic carbocycles. The first-order valence-electron chi connectivity index (χ1n) is 5.01. The largest absolute Gasteiger partial charge is 0.252 e. The summed E-state index contributed by atoms with van der Waals surface area (Å²) in [7, 11) is 0. The molecule has 1 heterocycles. The van der Waals surface area contributed by atoms with Crippen LogP contribution in [0.15, 0.2) is 30.6 Å². The number of rotatable bonds is 1. The summed E-state index contributed by atoms with van der Waals surface area (Å²) >= 11 is 0. The van der Waals surface area contributed by atoms with Crippen molar-refractivity contribution >= 4 is 0 Å². The van der Waals surface area contributed by atoms with Crippen LogP contribution in [0.3, 0.4) is 0 Å². The normalized spacial score (nSPS) is 9.81. The number of aryl methyl sites for hydroxylation is 2. The molecule has 0 saturated heterocycles. The highest BCUT2D eigenvalue weighted by molar-refractivity contribution is 5.65. The third-order valence-electron chi connectivity index (χ3n) is 2.58. The van der Waals surface area contributed by atoms with Gasteiger partial charge in [0.2, 0.25) is 0 Å². The number of aromatic nitrogens is 2. The number of benzene rings is 1. The van der Waals surface area contributed by atoms with Gasteiger partial charge in [-0.3, -0.25) is 4.98 Å². The van der Waals surface area contributed by atoms with E-state index in [9.17, 15) is 0 Å². The molecule has 0 spiro atoms. The van der Waals surface area contributed by atoms with E-state index in [1.54, 1.807) is 6.20 Å². The number of nitrogens with zero attached hydrogens (tertiary/aromatic N) is 3. The first kappa shape index (κ1) is 10.3. The maximum atomic E-state index is 8.95. The van der Waals surface area contributed by atoms with Gasteiger partial charge in [-0.25, -0.2) is 4.98 Å². The number of hydrogen-bond acceptors (Lipinski definition) is 3. The molecule has 0 aliphatic heterocycles. The lowest BCUT2D eigenvalue weighted by molar-refractivity contribution is 1.16. The van der Waals surface area contributed by atoms with Gasteiger partial charge in [-0.2, -0.15) is 5.26 Å². The minimum absolute atomic E-state index is 0.366. The van der Waals surface area contributed by atoms with E-state index in [-0.39, 0.29) is 0 Å². The Kier molecular flexibility index (Phi) is 2.65. The Bertz CT molecular complexity index is 568. The van der Waals surface area contributed by atoms with Gasteiger partial charge in [0.05, 0.1) is 0 Å². The molecule has 3 heteroatoms. The van der Waals surface area contributed by atoms with E-state index < -0.39 is 0 Å². The van der Waals surface area contributed by atoms with E-state index in [4.69, 9.17) is 5.26 Å². The van der Waals surface area contributed by atoms with Crippen molar-refractivity contribution in [2.24, 2.45) is 0 Å². The molecular formula is C13H11N3. The van der Waals surface area contributed by atoms with Gasteiger partial charge in [0, 0.05) is 18.0 Å². The van der Waals surface area contributed by atoms with E-state index in [1.807, 2.05) is 25.1 Å². The zero-order chi connectivity index (χ0) is 11.5. The second-order valence-electron chi connectivity index (χ2n) is 3.66. The van der Waals surface area contributed by atoms with Crippen molar-refractivity contribution in [3.05, 3.63) is 47.4 Å². The highest BCUT2D eigenvalue weighted by Crippen LogP contribution is 2.21. The van der Waals surface area contributed by atoms with Crippen molar-refractivity contribution in [3.8, 4) is 17.3 Å². The maximum absolute atomic E-state index is 8.95. The first-order chi connectivity index (χ1) is 7.72. The fourth-order valence-electron chi connectivity index (χ4n) is 1.52.